The molecule has 0 fully saturated rings. The number of amides is 1. The second-order valence-electron chi connectivity index (χ2n) is 7.40. The van der Waals surface area contributed by atoms with Crippen molar-refractivity contribution in [3.8, 4) is 17.2 Å². The normalized spacial score (nSPS) is 12.0. The number of carbonyl (C=O) groups excluding carboxylic acids is 2. The molecule has 7 N–H and O–H groups in total. The first-order valence-electron chi connectivity index (χ1n) is 10.3. The van der Waals surface area contributed by atoms with Crippen LogP contribution in [0, 0.1) is 5.41 Å². The standard InChI is InChI=1S/C22H26F3N5O5/c1-4-33-17-9-12(5-8-15(17)34-11(2)3)18(20(31)30-28)29-13-6-7-14(19(26)27)16(10-13)35-21(32)22(23,24)25/h5-11,18,29H,4,28H2,1-3H3,(H3,26,27)(H,30,31). The number of nitrogens with two attached hydrogens (primary N) is 2. The lowest BCUT2D eigenvalue weighted by atomic mass is 10.0. The fourth-order valence-electron chi connectivity index (χ4n) is 2.95. The van der Waals surface area contributed by atoms with Crippen LogP contribution in [0.1, 0.15) is 37.9 Å². The Labute approximate surface area is 199 Å². The van der Waals surface area contributed by atoms with E-state index in [0.717, 1.165) is 6.07 Å². The van der Waals surface area contributed by atoms with Crippen LogP contribution in [-0.2, 0) is 9.59 Å². The number of hydrazine groups is 1. The minimum absolute atomic E-state index is 0.0778. The van der Waals surface area contributed by atoms with Crippen LogP contribution in [0.3, 0.4) is 0 Å². The molecule has 35 heavy (non-hydrogen) atoms. The Kier molecular flexibility index (Phi) is 8.89. The third-order valence-electron chi connectivity index (χ3n) is 4.38. The maximum atomic E-state index is 12.7. The number of nitrogen functional groups attached to an aromatic ring is 1. The minimum Gasteiger partial charge on any atom is -0.490 e. The van der Waals surface area contributed by atoms with E-state index < -0.39 is 35.7 Å². The third kappa shape index (κ3) is 7.24. The largest absolute Gasteiger partial charge is 0.491 e. The summed E-state index contributed by atoms with van der Waals surface area (Å²) in [6.07, 6.45) is -5.41. The van der Waals surface area contributed by atoms with Crippen LogP contribution < -0.4 is 36.5 Å². The van der Waals surface area contributed by atoms with Crippen LogP contribution in [0.5, 0.6) is 17.2 Å². The second-order valence-corrected chi connectivity index (χ2v) is 7.40. The molecule has 0 aliphatic heterocycles. The van der Waals surface area contributed by atoms with E-state index in [1.807, 2.05) is 19.3 Å². The molecule has 1 atom stereocenters. The van der Waals surface area contributed by atoms with Gasteiger partial charge in [-0.3, -0.25) is 15.6 Å². The molecule has 190 valence electrons. The molecule has 0 radical (unpaired) electrons. The highest BCUT2D eigenvalue weighted by atomic mass is 19.4. The SMILES string of the molecule is CCOc1cc(C(Nc2ccc(C(=N)N)c(OC(=O)C(F)(F)F)c2)C(=O)NN)ccc1OC(C)C. The van der Waals surface area contributed by atoms with Crippen molar-refractivity contribution in [1.82, 2.24) is 5.43 Å². The molecular weight excluding hydrogens is 471 g/mol. The smallest absolute Gasteiger partial charge is 0.490 e. The number of halogens is 3. The van der Waals surface area contributed by atoms with Gasteiger partial charge in [0.15, 0.2) is 11.5 Å². The Morgan fingerprint density at radius 3 is 2.31 bits per heavy atom. The van der Waals surface area contributed by atoms with Gasteiger partial charge >= 0.3 is 12.1 Å². The Balaban J connectivity index is 2.47. The van der Waals surface area contributed by atoms with E-state index in [0.29, 0.717) is 23.7 Å². The number of hydrogen-bond acceptors (Lipinski definition) is 8. The van der Waals surface area contributed by atoms with Crippen molar-refractivity contribution in [3.63, 3.8) is 0 Å². The summed E-state index contributed by atoms with van der Waals surface area (Å²) in [7, 11) is 0. The van der Waals surface area contributed by atoms with Gasteiger partial charge in [0.25, 0.3) is 5.91 Å². The first-order valence-corrected chi connectivity index (χ1v) is 10.3. The highest BCUT2D eigenvalue weighted by molar-refractivity contribution is 5.99. The zero-order valence-corrected chi connectivity index (χ0v) is 19.2. The third-order valence-corrected chi connectivity index (χ3v) is 4.38. The Morgan fingerprint density at radius 2 is 1.77 bits per heavy atom. The molecule has 0 saturated heterocycles. The summed E-state index contributed by atoms with van der Waals surface area (Å²) in [4.78, 5) is 23.9. The molecule has 1 amide bonds. The Morgan fingerprint density at radius 1 is 1.09 bits per heavy atom. The molecule has 13 heteroatoms. The lowest BCUT2D eigenvalue weighted by molar-refractivity contribution is -0.189. The van der Waals surface area contributed by atoms with Gasteiger partial charge in [0.2, 0.25) is 0 Å². The predicted octanol–water partition coefficient (Wildman–Crippen LogP) is 2.77. The molecule has 0 bridgehead atoms. The molecule has 0 saturated carbocycles. The molecule has 0 heterocycles. The highest BCUT2D eigenvalue weighted by Crippen LogP contribution is 2.34. The van der Waals surface area contributed by atoms with E-state index in [1.54, 1.807) is 25.1 Å². The summed E-state index contributed by atoms with van der Waals surface area (Å²) in [6, 6.07) is 7.14. The van der Waals surface area contributed by atoms with Gasteiger partial charge in [0, 0.05) is 11.8 Å². The number of carbonyl (C=O) groups is 2. The van der Waals surface area contributed by atoms with Crippen molar-refractivity contribution < 1.29 is 37.0 Å². The number of amidine groups is 1. The van der Waals surface area contributed by atoms with Gasteiger partial charge in [0.05, 0.1) is 18.3 Å². The summed E-state index contributed by atoms with van der Waals surface area (Å²) >= 11 is 0. The van der Waals surface area contributed by atoms with E-state index in [1.165, 1.54) is 12.1 Å². The number of ether oxygens (including phenoxy) is 3. The zero-order chi connectivity index (χ0) is 26.3. The highest BCUT2D eigenvalue weighted by Gasteiger charge is 2.41. The maximum Gasteiger partial charge on any atom is 0.491 e. The fourth-order valence-corrected chi connectivity index (χ4v) is 2.95. The van der Waals surface area contributed by atoms with Crippen molar-refractivity contribution in [1.29, 1.82) is 5.41 Å². The number of nitrogens with one attached hydrogen (secondary N) is 3. The van der Waals surface area contributed by atoms with E-state index in [9.17, 15) is 22.8 Å². The van der Waals surface area contributed by atoms with Crippen LogP contribution in [0.25, 0.3) is 0 Å². The fraction of sp³-hybridized carbons (Fsp3) is 0.318. The van der Waals surface area contributed by atoms with Gasteiger partial charge in [0.1, 0.15) is 17.6 Å². The molecule has 1 unspecified atom stereocenters. The average molecular weight is 497 g/mol. The molecule has 0 aromatic heterocycles. The van der Waals surface area contributed by atoms with Gasteiger partial charge in [-0.15, -0.1) is 0 Å². The minimum atomic E-state index is -5.27. The maximum absolute atomic E-state index is 12.7. The number of rotatable bonds is 10. The van der Waals surface area contributed by atoms with E-state index in [4.69, 9.17) is 26.5 Å². The van der Waals surface area contributed by atoms with Gasteiger partial charge in [-0.05, 0) is 50.6 Å². The van der Waals surface area contributed by atoms with Crippen LogP contribution >= 0.6 is 0 Å². The molecule has 2 aromatic rings. The van der Waals surface area contributed by atoms with E-state index >= 15 is 0 Å². The molecular formula is C22H26F3N5O5. The topological polar surface area (TPSA) is 162 Å². The number of anilines is 1. The average Bonchev–Trinajstić information content (AvgIpc) is 2.77. The second kappa shape index (κ2) is 11.4. The summed E-state index contributed by atoms with van der Waals surface area (Å²) in [5.41, 5.74) is 7.62. The molecule has 10 nitrogen and oxygen atoms in total. The molecule has 0 aliphatic rings. The summed E-state index contributed by atoms with van der Waals surface area (Å²) < 4.78 is 53.8. The summed E-state index contributed by atoms with van der Waals surface area (Å²) in [6.45, 7) is 5.77. The van der Waals surface area contributed by atoms with Gasteiger partial charge in [-0.2, -0.15) is 13.2 Å². The zero-order valence-electron chi connectivity index (χ0n) is 19.2. The van der Waals surface area contributed by atoms with Crippen LogP contribution in [0.2, 0.25) is 0 Å². The first-order chi connectivity index (χ1) is 16.4. The number of benzene rings is 2. The van der Waals surface area contributed by atoms with Crippen molar-refractivity contribution >= 4 is 23.4 Å². The van der Waals surface area contributed by atoms with Gasteiger partial charge in [-0.25, -0.2) is 10.6 Å². The van der Waals surface area contributed by atoms with Crippen LogP contribution in [0.4, 0.5) is 18.9 Å². The molecule has 0 spiro atoms. The van der Waals surface area contributed by atoms with Crippen molar-refractivity contribution in [3.05, 3.63) is 47.5 Å². The molecule has 0 aliphatic carbocycles. The number of esters is 1. The number of alkyl halides is 3. The first kappa shape index (κ1) is 27.2. The van der Waals surface area contributed by atoms with Crippen molar-refractivity contribution in [2.75, 3.05) is 11.9 Å². The van der Waals surface area contributed by atoms with Crippen molar-refractivity contribution in [2.24, 2.45) is 11.6 Å². The van der Waals surface area contributed by atoms with Crippen LogP contribution in [-0.4, -0.2) is 36.6 Å². The lowest BCUT2D eigenvalue weighted by Crippen LogP contribution is -2.38. The Hall–Kier alpha value is -4.00. The summed E-state index contributed by atoms with van der Waals surface area (Å²) in [5.74, 6) is 1.72. The monoisotopic (exact) mass is 497 g/mol. The van der Waals surface area contributed by atoms with Crippen LogP contribution in [0.15, 0.2) is 36.4 Å². The molecule has 2 aromatic carbocycles. The number of hydrogen-bond donors (Lipinski definition) is 5. The van der Waals surface area contributed by atoms with Gasteiger partial charge in [-0.1, -0.05) is 6.07 Å². The quantitative estimate of drug-likeness (QED) is 0.0637. The Bertz CT molecular complexity index is 1090. The van der Waals surface area contributed by atoms with E-state index in [2.05, 4.69) is 10.1 Å². The lowest BCUT2D eigenvalue weighted by Gasteiger charge is -2.22. The predicted molar refractivity (Wildman–Crippen MR) is 121 cm³/mol. The molecule has 2 rings (SSSR count). The van der Waals surface area contributed by atoms with Gasteiger partial charge < -0.3 is 25.3 Å². The summed E-state index contributed by atoms with van der Waals surface area (Å²) in [5, 5.41) is 10.4. The van der Waals surface area contributed by atoms with Crippen molar-refractivity contribution in [2.45, 2.75) is 39.1 Å². The van der Waals surface area contributed by atoms with E-state index in [-0.39, 0.29) is 17.4 Å².